The number of aromatic hydroxyl groups is 1. The molecule has 1 heterocycles. The molecule has 2 aromatic carbocycles. The van der Waals surface area contributed by atoms with Gasteiger partial charge in [-0.05, 0) is 35.0 Å². The number of hydrogen-bond acceptors (Lipinski definition) is 5. The third kappa shape index (κ3) is 2.74. The lowest BCUT2D eigenvalue weighted by Crippen LogP contribution is -1.99. The zero-order valence-electron chi connectivity index (χ0n) is 10.6. The van der Waals surface area contributed by atoms with Crippen molar-refractivity contribution in [3.8, 4) is 17.1 Å². The lowest BCUT2D eigenvalue weighted by molar-refractivity contribution is 0.474. The van der Waals surface area contributed by atoms with Gasteiger partial charge in [-0.25, -0.2) is 0 Å². The minimum absolute atomic E-state index is 0.268. The van der Waals surface area contributed by atoms with Crippen molar-refractivity contribution in [1.29, 1.82) is 0 Å². The van der Waals surface area contributed by atoms with Crippen molar-refractivity contribution < 1.29 is 5.11 Å². The minimum Gasteiger partial charge on any atom is -0.508 e. The Morgan fingerprint density at radius 1 is 1.10 bits per heavy atom. The van der Waals surface area contributed by atoms with Crippen LogP contribution in [0.25, 0.3) is 11.4 Å². The highest BCUT2D eigenvalue weighted by Crippen LogP contribution is 2.19. The van der Waals surface area contributed by atoms with Crippen LogP contribution in [0.2, 0.25) is 0 Å². The molecule has 1 aromatic heterocycles. The van der Waals surface area contributed by atoms with Crippen LogP contribution >= 0.6 is 0 Å². The van der Waals surface area contributed by atoms with Crippen molar-refractivity contribution >= 4 is 5.69 Å². The summed E-state index contributed by atoms with van der Waals surface area (Å²) in [7, 11) is 0. The third-order valence-corrected chi connectivity index (χ3v) is 2.87. The minimum atomic E-state index is 0.268. The van der Waals surface area contributed by atoms with E-state index in [0.29, 0.717) is 12.4 Å². The number of tetrazole rings is 1. The lowest BCUT2D eigenvalue weighted by atomic mass is 10.1. The molecule has 0 amide bonds. The molecule has 0 aliphatic heterocycles. The number of phenolic OH excluding ortho intramolecular Hbond substituents is 1. The maximum absolute atomic E-state index is 9.42. The maximum atomic E-state index is 9.42. The molecule has 0 aliphatic rings. The molecule has 20 heavy (non-hydrogen) atoms. The Balaban J connectivity index is 1.73. The third-order valence-electron chi connectivity index (χ3n) is 2.87. The summed E-state index contributed by atoms with van der Waals surface area (Å²) in [6, 6.07) is 14.9. The van der Waals surface area contributed by atoms with Crippen LogP contribution in [-0.2, 0) is 6.54 Å². The molecule has 0 saturated carbocycles. The van der Waals surface area contributed by atoms with Crippen molar-refractivity contribution in [3.05, 3.63) is 54.1 Å². The lowest BCUT2D eigenvalue weighted by Gasteiger charge is -2.07. The molecule has 0 atom stereocenters. The van der Waals surface area contributed by atoms with Crippen molar-refractivity contribution in [2.45, 2.75) is 6.54 Å². The van der Waals surface area contributed by atoms with E-state index in [0.717, 1.165) is 16.8 Å². The molecule has 3 aromatic rings. The standard InChI is InChI=1S/C14H13N5O/c20-13-6-1-3-10(7-13)9-15-12-5-2-4-11(8-12)14-16-18-19-17-14/h1-8,15,20H,9H2,(H,16,17,18,19). The van der Waals surface area contributed by atoms with E-state index in [-0.39, 0.29) is 5.75 Å². The second-order valence-electron chi connectivity index (χ2n) is 4.34. The summed E-state index contributed by atoms with van der Waals surface area (Å²) < 4.78 is 0. The molecule has 0 saturated heterocycles. The van der Waals surface area contributed by atoms with Crippen molar-refractivity contribution in [2.75, 3.05) is 5.32 Å². The van der Waals surface area contributed by atoms with Gasteiger partial charge < -0.3 is 10.4 Å². The molecular weight excluding hydrogens is 254 g/mol. The van der Waals surface area contributed by atoms with Crippen molar-refractivity contribution in [1.82, 2.24) is 20.6 Å². The van der Waals surface area contributed by atoms with E-state index >= 15 is 0 Å². The average Bonchev–Trinajstić information content (AvgIpc) is 3.00. The van der Waals surface area contributed by atoms with Gasteiger partial charge >= 0.3 is 0 Å². The van der Waals surface area contributed by atoms with E-state index in [4.69, 9.17) is 0 Å². The van der Waals surface area contributed by atoms with Crippen LogP contribution in [0.5, 0.6) is 5.75 Å². The van der Waals surface area contributed by atoms with Crippen LogP contribution in [0.4, 0.5) is 5.69 Å². The van der Waals surface area contributed by atoms with Crippen LogP contribution in [0.1, 0.15) is 5.56 Å². The van der Waals surface area contributed by atoms with E-state index in [2.05, 4.69) is 25.9 Å². The molecule has 0 aliphatic carbocycles. The molecule has 0 unspecified atom stereocenters. The van der Waals surface area contributed by atoms with Crippen molar-refractivity contribution in [3.63, 3.8) is 0 Å². The first-order chi connectivity index (χ1) is 9.81. The molecule has 0 fully saturated rings. The zero-order valence-corrected chi connectivity index (χ0v) is 10.6. The number of phenols is 1. The van der Waals surface area contributed by atoms with Gasteiger partial charge in [0, 0.05) is 17.8 Å². The van der Waals surface area contributed by atoms with E-state index in [1.807, 2.05) is 36.4 Å². The Labute approximate surface area is 115 Å². The molecule has 0 spiro atoms. The average molecular weight is 267 g/mol. The van der Waals surface area contributed by atoms with Gasteiger partial charge in [0.15, 0.2) is 0 Å². The van der Waals surface area contributed by atoms with Gasteiger partial charge in [-0.1, -0.05) is 24.3 Å². The SMILES string of the molecule is Oc1cccc(CNc2cccc(-c3nn[nH]n3)c2)c1. The Hall–Kier alpha value is -2.89. The number of rotatable bonds is 4. The molecule has 3 N–H and O–H groups in total. The van der Waals surface area contributed by atoms with Gasteiger partial charge in [0.1, 0.15) is 5.75 Å². The summed E-state index contributed by atoms with van der Waals surface area (Å²) >= 11 is 0. The van der Waals surface area contributed by atoms with Gasteiger partial charge in [-0.2, -0.15) is 5.21 Å². The highest BCUT2D eigenvalue weighted by atomic mass is 16.3. The molecule has 3 rings (SSSR count). The Morgan fingerprint density at radius 3 is 2.80 bits per heavy atom. The van der Waals surface area contributed by atoms with Crippen LogP contribution < -0.4 is 5.32 Å². The van der Waals surface area contributed by atoms with Gasteiger partial charge in [0.2, 0.25) is 5.82 Å². The highest BCUT2D eigenvalue weighted by molar-refractivity contribution is 5.61. The maximum Gasteiger partial charge on any atom is 0.204 e. The van der Waals surface area contributed by atoms with Crippen LogP contribution in [0.15, 0.2) is 48.5 Å². The molecule has 100 valence electrons. The summed E-state index contributed by atoms with van der Waals surface area (Å²) in [6.45, 7) is 0.629. The molecule has 0 radical (unpaired) electrons. The topological polar surface area (TPSA) is 86.7 Å². The second-order valence-corrected chi connectivity index (χ2v) is 4.34. The highest BCUT2D eigenvalue weighted by Gasteiger charge is 2.03. The summed E-state index contributed by atoms with van der Waals surface area (Å²) in [5.41, 5.74) is 2.85. The second kappa shape index (κ2) is 5.40. The van der Waals surface area contributed by atoms with Gasteiger partial charge in [0.25, 0.3) is 0 Å². The van der Waals surface area contributed by atoms with Crippen LogP contribution in [-0.4, -0.2) is 25.7 Å². The molecule has 0 bridgehead atoms. The summed E-state index contributed by atoms with van der Waals surface area (Å²) in [6.07, 6.45) is 0. The molecule has 6 nitrogen and oxygen atoms in total. The van der Waals surface area contributed by atoms with E-state index < -0.39 is 0 Å². The normalized spacial score (nSPS) is 10.4. The zero-order chi connectivity index (χ0) is 13.8. The van der Waals surface area contributed by atoms with Crippen LogP contribution in [0, 0.1) is 0 Å². The Morgan fingerprint density at radius 2 is 2.00 bits per heavy atom. The van der Waals surface area contributed by atoms with Gasteiger partial charge in [-0.15, -0.1) is 10.2 Å². The van der Waals surface area contributed by atoms with E-state index in [1.165, 1.54) is 0 Å². The quantitative estimate of drug-likeness (QED) is 0.674. The summed E-state index contributed by atoms with van der Waals surface area (Å²) in [5.74, 6) is 0.829. The smallest absolute Gasteiger partial charge is 0.204 e. The predicted octanol–water partition coefficient (Wildman–Crippen LogP) is 2.18. The number of nitrogens with zero attached hydrogens (tertiary/aromatic N) is 3. The largest absolute Gasteiger partial charge is 0.508 e. The monoisotopic (exact) mass is 267 g/mol. The predicted molar refractivity (Wildman–Crippen MR) is 75.0 cm³/mol. The first kappa shape index (κ1) is 12.2. The van der Waals surface area contributed by atoms with Crippen molar-refractivity contribution in [2.24, 2.45) is 0 Å². The number of nitrogens with one attached hydrogen (secondary N) is 2. The number of H-pyrrole nitrogens is 1. The Kier molecular flexibility index (Phi) is 3.28. The number of anilines is 1. The first-order valence-corrected chi connectivity index (χ1v) is 6.17. The first-order valence-electron chi connectivity index (χ1n) is 6.17. The molecular formula is C14H13N5O. The number of benzene rings is 2. The summed E-state index contributed by atoms with van der Waals surface area (Å²) in [4.78, 5) is 0. The fraction of sp³-hybridized carbons (Fsp3) is 0.0714. The van der Waals surface area contributed by atoms with Gasteiger partial charge in [-0.3, -0.25) is 0 Å². The van der Waals surface area contributed by atoms with Gasteiger partial charge in [0.05, 0.1) is 0 Å². The van der Waals surface area contributed by atoms with Crippen LogP contribution in [0.3, 0.4) is 0 Å². The summed E-state index contributed by atoms with van der Waals surface area (Å²) in [5, 5.41) is 26.6. The number of hydrogen-bond donors (Lipinski definition) is 3. The number of aromatic amines is 1. The fourth-order valence-corrected chi connectivity index (χ4v) is 1.92. The molecule has 6 heteroatoms. The Bertz CT molecular complexity index is 696. The number of aromatic nitrogens is 4. The fourth-order valence-electron chi connectivity index (χ4n) is 1.92. The van der Waals surface area contributed by atoms with E-state index in [1.54, 1.807) is 12.1 Å². The van der Waals surface area contributed by atoms with E-state index in [9.17, 15) is 5.11 Å².